The Hall–Kier alpha value is -3.94. The smallest absolute Gasteiger partial charge is 0.318 e. The Balaban J connectivity index is 1.46. The van der Waals surface area contributed by atoms with Crippen LogP contribution in [0.15, 0.2) is 66.7 Å². The van der Waals surface area contributed by atoms with Crippen molar-refractivity contribution in [2.45, 2.75) is 37.6 Å². The first kappa shape index (κ1) is 20.0. The van der Waals surface area contributed by atoms with Gasteiger partial charge in [-0.2, -0.15) is 10.1 Å². The van der Waals surface area contributed by atoms with E-state index in [9.17, 15) is 14.4 Å². The Morgan fingerprint density at radius 3 is 2.38 bits per heavy atom. The van der Waals surface area contributed by atoms with E-state index < -0.39 is 23.4 Å². The summed E-state index contributed by atoms with van der Waals surface area (Å²) in [5.74, 6) is -0.747. The van der Waals surface area contributed by atoms with Crippen molar-refractivity contribution in [1.29, 1.82) is 0 Å². The number of carbonyl (C=O) groups is 3. The second kappa shape index (κ2) is 7.64. The summed E-state index contributed by atoms with van der Waals surface area (Å²) in [6, 6.07) is 19.4. The molecule has 2 heterocycles. The van der Waals surface area contributed by atoms with Crippen LogP contribution in [0.1, 0.15) is 53.8 Å². The summed E-state index contributed by atoms with van der Waals surface area (Å²) in [5.41, 5.74) is 3.80. The molecule has 3 aromatic rings. The van der Waals surface area contributed by atoms with E-state index in [1.54, 1.807) is 22.9 Å². The summed E-state index contributed by atoms with van der Waals surface area (Å²) in [7, 11) is 0. The van der Waals surface area contributed by atoms with Gasteiger partial charge in [-0.25, -0.2) is 9.48 Å². The van der Waals surface area contributed by atoms with Gasteiger partial charge in [-0.1, -0.05) is 55.5 Å². The number of rotatable bonds is 6. The number of nitrogens with one attached hydrogen (secondary N) is 2. The number of amides is 4. The van der Waals surface area contributed by atoms with Crippen LogP contribution in [-0.2, 0) is 10.3 Å². The van der Waals surface area contributed by atoms with Crippen molar-refractivity contribution in [2.75, 3.05) is 0 Å². The molecular weight excluding hydrogens is 406 g/mol. The molecule has 1 saturated carbocycles. The van der Waals surface area contributed by atoms with E-state index in [-0.39, 0.29) is 5.69 Å². The average Bonchev–Trinajstić information content (AvgIpc) is 3.54. The highest BCUT2D eigenvalue weighted by Crippen LogP contribution is 2.40. The normalized spacial score (nSPS) is 20.3. The van der Waals surface area contributed by atoms with Crippen molar-refractivity contribution in [3.63, 3.8) is 0 Å². The van der Waals surface area contributed by atoms with Crippen molar-refractivity contribution in [2.24, 2.45) is 0 Å². The minimum absolute atomic E-state index is 0.271. The fourth-order valence-corrected chi connectivity index (χ4v) is 4.10. The lowest BCUT2D eigenvalue weighted by molar-refractivity contribution is -0.133. The Kier molecular flexibility index (Phi) is 4.77. The number of hydrogen-bond acceptors (Lipinski definition) is 4. The second-order valence-electron chi connectivity index (χ2n) is 8.11. The van der Waals surface area contributed by atoms with E-state index in [2.05, 4.69) is 15.8 Å². The van der Waals surface area contributed by atoms with E-state index >= 15 is 0 Å². The lowest BCUT2D eigenvalue weighted by atomic mass is 9.87. The lowest BCUT2D eigenvalue weighted by Gasteiger charge is -2.25. The molecule has 2 aromatic carbocycles. The predicted molar refractivity (Wildman–Crippen MR) is 117 cm³/mol. The van der Waals surface area contributed by atoms with Crippen LogP contribution < -0.4 is 10.7 Å². The minimum atomic E-state index is -1.22. The van der Waals surface area contributed by atoms with Crippen LogP contribution in [-0.4, -0.2) is 32.6 Å². The lowest BCUT2D eigenvalue weighted by Crippen LogP contribution is -2.48. The minimum Gasteiger partial charge on any atom is -0.318 e. The first-order chi connectivity index (χ1) is 15.5. The van der Waals surface area contributed by atoms with Gasteiger partial charge in [-0.15, -0.1) is 0 Å². The fourth-order valence-electron chi connectivity index (χ4n) is 4.10. The van der Waals surface area contributed by atoms with Crippen molar-refractivity contribution >= 4 is 17.8 Å². The molecule has 2 N–H and O–H groups in total. The van der Waals surface area contributed by atoms with Gasteiger partial charge in [0.1, 0.15) is 11.2 Å². The Morgan fingerprint density at radius 1 is 1.09 bits per heavy atom. The molecule has 2 fully saturated rings. The zero-order valence-electron chi connectivity index (χ0n) is 17.6. The summed E-state index contributed by atoms with van der Waals surface area (Å²) in [6.07, 6.45) is 2.42. The quantitative estimate of drug-likeness (QED) is 0.588. The Labute approximate surface area is 185 Å². The maximum Gasteiger partial charge on any atom is 0.344 e. The monoisotopic (exact) mass is 429 g/mol. The van der Waals surface area contributed by atoms with E-state index in [0.29, 0.717) is 17.9 Å². The summed E-state index contributed by atoms with van der Waals surface area (Å²) >= 11 is 0. The van der Waals surface area contributed by atoms with Crippen molar-refractivity contribution in [1.82, 2.24) is 25.5 Å². The molecule has 1 atom stereocenters. The van der Waals surface area contributed by atoms with Crippen LogP contribution in [0, 0.1) is 0 Å². The topological polar surface area (TPSA) is 96.3 Å². The summed E-state index contributed by atoms with van der Waals surface area (Å²) in [4.78, 5) is 39.3. The number of hydrogen-bond donors (Lipinski definition) is 2. The summed E-state index contributed by atoms with van der Waals surface area (Å²) in [5, 5.41) is 8.17. The molecule has 1 aromatic heterocycles. The molecule has 0 spiro atoms. The van der Waals surface area contributed by atoms with Crippen molar-refractivity contribution in [3.05, 3.63) is 83.7 Å². The molecule has 4 amide bonds. The van der Waals surface area contributed by atoms with Crippen LogP contribution in [0.4, 0.5) is 4.79 Å². The second-order valence-corrected chi connectivity index (χ2v) is 8.11. The first-order valence-corrected chi connectivity index (χ1v) is 10.7. The summed E-state index contributed by atoms with van der Waals surface area (Å²) < 4.78 is 1.56. The van der Waals surface area contributed by atoms with Gasteiger partial charge in [0, 0.05) is 5.92 Å². The SMILES string of the molecule is CC[C@]1(c2ccccc2)NC(=O)N(NC(=O)c2cc(C3CC3)nn2-c2ccccc2)C1=O. The van der Waals surface area contributed by atoms with E-state index in [1.165, 1.54) is 0 Å². The predicted octanol–water partition coefficient (Wildman–Crippen LogP) is 3.25. The Bertz CT molecular complexity index is 1190. The number of imide groups is 1. The fraction of sp³-hybridized carbons (Fsp3) is 0.250. The summed E-state index contributed by atoms with van der Waals surface area (Å²) in [6.45, 7) is 1.82. The number of benzene rings is 2. The molecule has 0 unspecified atom stereocenters. The molecule has 1 aliphatic heterocycles. The highest BCUT2D eigenvalue weighted by Gasteiger charge is 2.52. The van der Waals surface area contributed by atoms with Gasteiger partial charge in [0.15, 0.2) is 0 Å². The number of aromatic nitrogens is 2. The number of nitrogens with zero attached hydrogens (tertiary/aromatic N) is 3. The van der Waals surface area contributed by atoms with Gasteiger partial charge in [0.05, 0.1) is 11.4 Å². The zero-order valence-corrected chi connectivity index (χ0v) is 17.6. The first-order valence-electron chi connectivity index (χ1n) is 10.7. The Morgan fingerprint density at radius 2 is 1.75 bits per heavy atom. The van der Waals surface area contributed by atoms with Crippen LogP contribution in [0.5, 0.6) is 0 Å². The standard InChI is InChI=1S/C24H23N5O3/c1-2-24(17-9-5-3-6-10-17)22(31)29(23(32)25-24)27-21(30)20-15-19(16-13-14-16)26-28(20)18-11-7-4-8-12-18/h3-12,15-16H,2,13-14H2,1H3,(H,25,32)(H,27,30)/t24-/m1/s1. The van der Waals surface area contributed by atoms with Crippen LogP contribution in [0.25, 0.3) is 5.69 Å². The molecule has 2 aliphatic rings. The van der Waals surface area contributed by atoms with Gasteiger partial charge in [0.2, 0.25) is 0 Å². The van der Waals surface area contributed by atoms with Crippen LogP contribution in [0.3, 0.4) is 0 Å². The van der Waals surface area contributed by atoms with Gasteiger partial charge in [-0.05, 0) is 43.0 Å². The van der Waals surface area contributed by atoms with Crippen LogP contribution in [0.2, 0.25) is 0 Å². The molecule has 1 aliphatic carbocycles. The van der Waals surface area contributed by atoms with Crippen molar-refractivity contribution in [3.8, 4) is 5.69 Å². The third-order valence-corrected chi connectivity index (χ3v) is 6.06. The molecule has 8 heteroatoms. The number of hydrazine groups is 1. The average molecular weight is 429 g/mol. The third-order valence-electron chi connectivity index (χ3n) is 6.06. The van der Waals surface area contributed by atoms with Gasteiger partial charge < -0.3 is 5.32 Å². The molecule has 1 saturated heterocycles. The van der Waals surface area contributed by atoms with Gasteiger partial charge in [0.25, 0.3) is 11.8 Å². The van der Waals surface area contributed by atoms with Crippen molar-refractivity contribution < 1.29 is 14.4 Å². The number of urea groups is 1. The molecule has 0 radical (unpaired) electrons. The van der Waals surface area contributed by atoms with Crippen LogP contribution >= 0.6 is 0 Å². The molecule has 5 rings (SSSR count). The van der Waals surface area contributed by atoms with E-state index in [1.807, 2.05) is 55.5 Å². The zero-order chi connectivity index (χ0) is 22.3. The molecule has 32 heavy (non-hydrogen) atoms. The largest absolute Gasteiger partial charge is 0.344 e. The molecule has 0 bridgehead atoms. The highest BCUT2D eigenvalue weighted by molar-refractivity contribution is 6.09. The maximum absolute atomic E-state index is 13.3. The third kappa shape index (κ3) is 3.24. The number of carbonyl (C=O) groups excluding carboxylic acids is 3. The molecule has 162 valence electrons. The highest BCUT2D eigenvalue weighted by atomic mass is 16.2. The number of para-hydroxylation sites is 1. The molecule has 8 nitrogen and oxygen atoms in total. The molecular formula is C24H23N5O3. The maximum atomic E-state index is 13.3. The van der Waals surface area contributed by atoms with E-state index in [0.717, 1.165) is 29.2 Å². The van der Waals surface area contributed by atoms with E-state index in [4.69, 9.17) is 0 Å². The van der Waals surface area contributed by atoms with Gasteiger partial charge in [-0.3, -0.25) is 15.0 Å². The van der Waals surface area contributed by atoms with Gasteiger partial charge >= 0.3 is 6.03 Å².